The molecule has 40 heavy (non-hydrogen) atoms. The smallest absolute Gasteiger partial charge is 0.337 e. The Balaban J connectivity index is 1.67. The fourth-order valence-electron chi connectivity index (χ4n) is 5.28. The quantitative estimate of drug-likeness (QED) is 0.300. The fourth-order valence-corrected chi connectivity index (χ4v) is 5.28. The highest BCUT2D eigenvalue weighted by molar-refractivity contribution is 5.86. The van der Waals surface area contributed by atoms with E-state index in [1.807, 2.05) is 58.2 Å². The molecule has 0 amide bonds. The molecule has 1 aliphatic heterocycles. The van der Waals surface area contributed by atoms with E-state index in [0.29, 0.717) is 17.9 Å². The zero-order valence-corrected chi connectivity index (χ0v) is 25.1. The summed E-state index contributed by atoms with van der Waals surface area (Å²) in [5.41, 5.74) is 6.24. The van der Waals surface area contributed by atoms with E-state index in [9.17, 15) is 9.90 Å². The molecule has 1 unspecified atom stereocenters. The van der Waals surface area contributed by atoms with E-state index in [1.165, 1.54) is 11.1 Å². The SMILES string of the molecule is Cc1cccc(CCOc2ccc(-c3cnc(C)c(C(OC(C)(C)C)C(=O)O)c3N3CCC(C)(C)CC3)cc2)c1. The van der Waals surface area contributed by atoms with Gasteiger partial charge < -0.3 is 19.5 Å². The van der Waals surface area contributed by atoms with Crippen molar-refractivity contribution in [2.24, 2.45) is 5.41 Å². The number of anilines is 1. The van der Waals surface area contributed by atoms with Gasteiger partial charge in [0, 0.05) is 42.5 Å². The summed E-state index contributed by atoms with van der Waals surface area (Å²) in [7, 11) is 0. The van der Waals surface area contributed by atoms with Gasteiger partial charge in [-0.3, -0.25) is 4.98 Å². The minimum atomic E-state index is -1.12. The highest BCUT2D eigenvalue weighted by Gasteiger charge is 2.35. The number of carbonyl (C=O) groups is 1. The first-order valence-electron chi connectivity index (χ1n) is 14.3. The Labute approximate surface area is 239 Å². The van der Waals surface area contributed by atoms with Crippen LogP contribution in [0.2, 0.25) is 0 Å². The van der Waals surface area contributed by atoms with Crippen molar-refractivity contribution < 1.29 is 19.4 Å². The Morgan fingerprint density at radius 2 is 1.75 bits per heavy atom. The van der Waals surface area contributed by atoms with Crippen LogP contribution in [0, 0.1) is 19.3 Å². The number of pyridine rings is 1. The highest BCUT2D eigenvalue weighted by Crippen LogP contribution is 2.43. The maximum absolute atomic E-state index is 12.6. The number of hydrogen-bond donors (Lipinski definition) is 1. The molecule has 0 radical (unpaired) electrons. The van der Waals surface area contributed by atoms with E-state index in [-0.39, 0.29) is 5.41 Å². The van der Waals surface area contributed by atoms with Gasteiger partial charge in [0.1, 0.15) is 5.75 Å². The number of aliphatic carboxylic acids is 1. The third-order valence-electron chi connectivity index (χ3n) is 7.59. The van der Waals surface area contributed by atoms with Gasteiger partial charge in [-0.25, -0.2) is 4.79 Å². The number of rotatable bonds is 9. The van der Waals surface area contributed by atoms with Crippen LogP contribution in [-0.2, 0) is 16.0 Å². The molecule has 4 rings (SSSR count). The topological polar surface area (TPSA) is 71.9 Å². The standard InChI is InChI=1S/C34H44N2O4/c1-23-9-8-10-25(21-23)15-20-39-27-13-11-26(12-14-27)28-22-35-24(2)29(31(32(37)38)40-33(3,4)5)30(28)36-18-16-34(6,7)17-19-36/h8-14,21-22,31H,15-20H2,1-7H3,(H,37,38). The number of hydrogen-bond acceptors (Lipinski definition) is 5. The normalized spacial score (nSPS) is 16.0. The summed E-state index contributed by atoms with van der Waals surface area (Å²) >= 11 is 0. The molecule has 1 aliphatic rings. The van der Waals surface area contributed by atoms with Gasteiger partial charge in [-0.05, 0) is 76.1 Å². The minimum Gasteiger partial charge on any atom is -0.493 e. The Hall–Kier alpha value is -3.38. The van der Waals surface area contributed by atoms with Crippen LogP contribution in [0.4, 0.5) is 5.69 Å². The Morgan fingerprint density at radius 1 is 1.07 bits per heavy atom. The summed E-state index contributed by atoms with van der Waals surface area (Å²) in [4.78, 5) is 19.6. The number of piperidine rings is 1. The summed E-state index contributed by atoms with van der Waals surface area (Å²) in [5.74, 6) is -0.203. The van der Waals surface area contributed by atoms with Crippen molar-refractivity contribution in [3.05, 3.63) is 77.1 Å². The van der Waals surface area contributed by atoms with E-state index in [4.69, 9.17) is 9.47 Å². The molecule has 6 nitrogen and oxygen atoms in total. The second kappa shape index (κ2) is 12.0. The molecular formula is C34H44N2O4. The number of carboxylic acids is 1. The third kappa shape index (κ3) is 7.42. The van der Waals surface area contributed by atoms with Crippen molar-refractivity contribution >= 4 is 11.7 Å². The molecule has 0 bridgehead atoms. The largest absolute Gasteiger partial charge is 0.493 e. The second-order valence-corrected chi connectivity index (χ2v) is 12.7. The molecule has 2 heterocycles. The summed E-state index contributed by atoms with van der Waals surface area (Å²) in [6, 6.07) is 16.5. The van der Waals surface area contributed by atoms with Crippen LogP contribution in [-0.4, -0.2) is 41.4 Å². The maximum Gasteiger partial charge on any atom is 0.337 e. The molecule has 1 fully saturated rings. The number of aryl methyl sites for hydroxylation is 2. The van der Waals surface area contributed by atoms with Crippen molar-refractivity contribution in [3.8, 4) is 16.9 Å². The van der Waals surface area contributed by atoms with E-state index in [1.54, 1.807) is 0 Å². The lowest BCUT2D eigenvalue weighted by atomic mass is 9.82. The van der Waals surface area contributed by atoms with Gasteiger partial charge in [0.2, 0.25) is 0 Å². The van der Waals surface area contributed by atoms with Gasteiger partial charge in [-0.1, -0.05) is 55.8 Å². The molecule has 3 aromatic rings. The molecule has 1 atom stereocenters. The maximum atomic E-state index is 12.6. The van der Waals surface area contributed by atoms with E-state index in [0.717, 1.165) is 54.9 Å². The molecule has 0 aliphatic carbocycles. The zero-order chi connectivity index (χ0) is 29.1. The molecule has 0 spiro atoms. The molecule has 1 saturated heterocycles. The second-order valence-electron chi connectivity index (χ2n) is 12.7. The lowest BCUT2D eigenvalue weighted by molar-refractivity contribution is -0.160. The highest BCUT2D eigenvalue weighted by atomic mass is 16.5. The van der Waals surface area contributed by atoms with Gasteiger partial charge in [0.05, 0.1) is 17.9 Å². The molecule has 214 valence electrons. The number of benzene rings is 2. The summed E-state index contributed by atoms with van der Waals surface area (Å²) in [6.45, 7) is 16.5. The van der Waals surface area contributed by atoms with Crippen molar-refractivity contribution in [2.45, 2.75) is 79.4 Å². The molecule has 1 aromatic heterocycles. The third-order valence-corrected chi connectivity index (χ3v) is 7.59. The van der Waals surface area contributed by atoms with Crippen LogP contribution in [0.25, 0.3) is 11.1 Å². The summed E-state index contributed by atoms with van der Waals surface area (Å²) < 4.78 is 12.2. The number of carboxylic acid groups (broad SMARTS) is 1. The minimum absolute atomic E-state index is 0.254. The average Bonchev–Trinajstić information content (AvgIpc) is 2.87. The average molecular weight is 545 g/mol. The fraction of sp³-hybridized carbons (Fsp3) is 0.471. The van der Waals surface area contributed by atoms with Crippen LogP contribution in [0.1, 0.15) is 75.9 Å². The lowest BCUT2D eigenvalue weighted by Gasteiger charge is -2.41. The van der Waals surface area contributed by atoms with Gasteiger partial charge >= 0.3 is 5.97 Å². The van der Waals surface area contributed by atoms with Crippen LogP contribution in [0.5, 0.6) is 5.75 Å². The first kappa shape index (κ1) is 29.6. The van der Waals surface area contributed by atoms with Gasteiger partial charge in [0.15, 0.2) is 6.10 Å². The monoisotopic (exact) mass is 544 g/mol. The van der Waals surface area contributed by atoms with Crippen LogP contribution in [0.15, 0.2) is 54.7 Å². The van der Waals surface area contributed by atoms with Gasteiger partial charge in [-0.2, -0.15) is 0 Å². The Bertz CT molecular complexity index is 1310. The predicted molar refractivity (Wildman–Crippen MR) is 161 cm³/mol. The number of nitrogens with zero attached hydrogens (tertiary/aromatic N) is 2. The number of aromatic nitrogens is 1. The van der Waals surface area contributed by atoms with Crippen molar-refractivity contribution in [1.82, 2.24) is 4.98 Å². The van der Waals surface area contributed by atoms with Gasteiger partial charge in [-0.15, -0.1) is 0 Å². The van der Waals surface area contributed by atoms with E-state index in [2.05, 4.69) is 54.9 Å². The molecule has 6 heteroatoms. The zero-order valence-electron chi connectivity index (χ0n) is 25.1. The Kier molecular flexibility index (Phi) is 8.89. The predicted octanol–water partition coefficient (Wildman–Crippen LogP) is 7.55. The first-order chi connectivity index (χ1) is 18.8. The van der Waals surface area contributed by atoms with E-state index >= 15 is 0 Å². The molecule has 1 N–H and O–H groups in total. The van der Waals surface area contributed by atoms with Crippen molar-refractivity contribution in [3.63, 3.8) is 0 Å². The van der Waals surface area contributed by atoms with Crippen LogP contribution >= 0.6 is 0 Å². The van der Waals surface area contributed by atoms with Gasteiger partial charge in [0.25, 0.3) is 0 Å². The molecular weight excluding hydrogens is 500 g/mol. The molecule has 2 aromatic carbocycles. The van der Waals surface area contributed by atoms with Crippen LogP contribution in [0.3, 0.4) is 0 Å². The summed E-state index contributed by atoms with van der Waals surface area (Å²) in [6.07, 6.45) is 3.64. The summed E-state index contributed by atoms with van der Waals surface area (Å²) in [5, 5.41) is 10.3. The Morgan fingerprint density at radius 3 is 2.35 bits per heavy atom. The van der Waals surface area contributed by atoms with Crippen molar-refractivity contribution in [2.75, 3.05) is 24.6 Å². The lowest BCUT2D eigenvalue weighted by Crippen LogP contribution is -2.39. The number of ether oxygens (including phenoxy) is 2. The van der Waals surface area contributed by atoms with Crippen molar-refractivity contribution in [1.29, 1.82) is 0 Å². The van der Waals surface area contributed by atoms with E-state index < -0.39 is 17.7 Å². The molecule has 0 saturated carbocycles. The first-order valence-corrected chi connectivity index (χ1v) is 14.3. The van der Waals surface area contributed by atoms with Crippen LogP contribution < -0.4 is 9.64 Å².